The predicted octanol–water partition coefficient (Wildman–Crippen LogP) is 3.20. The van der Waals surface area contributed by atoms with Gasteiger partial charge in [-0.05, 0) is 53.4 Å². The van der Waals surface area contributed by atoms with Crippen molar-refractivity contribution in [3.63, 3.8) is 0 Å². The predicted molar refractivity (Wildman–Crippen MR) is 111 cm³/mol. The molecule has 1 N–H and O–H groups in total. The molecule has 0 bridgehead atoms. The summed E-state index contributed by atoms with van der Waals surface area (Å²) in [4.78, 5) is 10.8. The summed E-state index contributed by atoms with van der Waals surface area (Å²) in [5.41, 5.74) is 3.05. The number of carbonyl (C=O) groups is 1. The number of aromatic nitrogens is 3. The number of aryl methyl sites for hydroxylation is 1. The maximum atomic E-state index is 10.8. The molecule has 0 radical (unpaired) electrons. The number of aromatic amines is 1. The highest BCUT2D eigenvalue weighted by molar-refractivity contribution is 7.71. The Balaban J connectivity index is 1.79. The first-order valence-electron chi connectivity index (χ1n) is 9.10. The largest absolute Gasteiger partial charge is 0.545 e. The number of carboxylic acid groups (broad SMARTS) is 1. The van der Waals surface area contributed by atoms with Crippen molar-refractivity contribution in [2.24, 2.45) is 5.10 Å². The molecule has 7 nitrogen and oxygen atoms in total. The smallest absolute Gasteiger partial charge is 0.216 e. The minimum atomic E-state index is -1.22. The Kier molecular flexibility index (Phi) is 6.23. The van der Waals surface area contributed by atoms with Gasteiger partial charge in [0.2, 0.25) is 4.77 Å². The van der Waals surface area contributed by atoms with Crippen LogP contribution in [0.4, 0.5) is 0 Å². The SMILES string of the molecule is Cc1ccc(C(C)C)c(OCc2n[nH]c(=S)n2/N=C\c2ccc(C(=O)[O-])cc2)c1. The fourth-order valence-electron chi connectivity index (χ4n) is 2.75. The van der Waals surface area contributed by atoms with Gasteiger partial charge in [-0.1, -0.05) is 50.2 Å². The Morgan fingerprint density at radius 2 is 2.03 bits per heavy atom. The Bertz CT molecular complexity index is 1100. The molecule has 150 valence electrons. The summed E-state index contributed by atoms with van der Waals surface area (Å²) >= 11 is 5.25. The number of benzene rings is 2. The van der Waals surface area contributed by atoms with Crippen LogP contribution in [0.3, 0.4) is 0 Å². The van der Waals surface area contributed by atoms with Gasteiger partial charge in [-0.15, -0.1) is 0 Å². The molecule has 0 fully saturated rings. The van der Waals surface area contributed by atoms with Crippen LogP contribution in [0.2, 0.25) is 0 Å². The van der Waals surface area contributed by atoms with Crippen LogP contribution in [0.5, 0.6) is 5.75 Å². The lowest BCUT2D eigenvalue weighted by Gasteiger charge is -2.14. The second kappa shape index (κ2) is 8.83. The van der Waals surface area contributed by atoms with Crippen LogP contribution in [0.15, 0.2) is 47.6 Å². The average Bonchev–Trinajstić information content (AvgIpc) is 3.04. The second-order valence-corrected chi connectivity index (χ2v) is 7.28. The summed E-state index contributed by atoms with van der Waals surface area (Å²) in [5, 5.41) is 22.1. The van der Waals surface area contributed by atoms with Gasteiger partial charge in [-0.25, -0.2) is 5.10 Å². The van der Waals surface area contributed by atoms with E-state index < -0.39 is 5.97 Å². The lowest BCUT2D eigenvalue weighted by atomic mass is 10.0. The third-order valence-electron chi connectivity index (χ3n) is 4.33. The molecular weight excluding hydrogens is 388 g/mol. The molecule has 0 aliphatic carbocycles. The lowest BCUT2D eigenvalue weighted by Crippen LogP contribution is -2.21. The minimum Gasteiger partial charge on any atom is -0.545 e. The van der Waals surface area contributed by atoms with Crippen LogP contribution in [-0.4, -0.2) is 27.1 Å². The van der Waals surface area contributed by atoms with E-state index in [0.29, 0.717) is 22.1 Å². The first-order chi connectivity index (χ1) is 13.8. The van der Waals surface area contributed by atoms with E-state index in [0.717, 1.165) is 16.9 Å². The van der Waals surface area contributed by atoms with Crippen LogP contribution in [0.25, 0.3) is 0 Å². The molecule has 0 aliphatic heterocycles. The van der Waals surface area contributed by atoms with Gasteiger partial charge in [0.05, 0.1) is 12.2 Å². The van der Waals surface area contributed by atoms with Crippen LogP contribution in [0.1, 0.15) is 52.6 Å². The summed E-state index contributed by atoms with van der Waals surface area (Å²) in [5.74, 6) is 0.437. The number of hydrogen-bond acceptors (Lipinski definition) is 6. The van der Waals surface area contributed by atoms with Gasteiger partial charge in [-0.2, -0.15) is 14.9 Å². The molecule has 1 aromatic heterocycles. The molecule has 0 aliphatic rings. The minimum absolute atomic E-state index is 0.107. The second-order valence-electron chi connectivity index (χ2n) is 6.90. The van der Waals surface area contributed by atoms with Crippen molar-refractivity contribution in [2.75, 3.05) is 0 Å². The molecule has 0 saturated carbocycles. The van der Waals surface area contributed by atoms with Crippen molar-refractivity contribution < 1.29 is 14.6 Å². The topological polar surface area (TPSA) is 95.3 Å². The van der Waals surface area contributed by atoms with E-state index in [1.807, 2.05) is 13.0 Å². The number of hydrogen-bond donors (Lipinski definition) is 1. The average molecular weight is 409 g/mol. The normalized spacial score (nSPS) is 11.3. The number of carboxylic acids is 1. The van der Waals surface area contributed by atoms with Crippen LogP contribution >= 0.6 is 12.2 Å². The monoisotopic (exact) mass is 409 g/mol. The molecule has 0 atom stereocenters. The van der Waals surface area contributed by atoms with Crippen molar-refractivity contribution in [1.29, 1.82) is 0 Å². The number of ether oxygens (including phenoxy) is 1. The van der Waals surface area contributed by atoms with E-state index in [2.05, 4.69) is 41.3 Å². The van der Waals surface area contributed by atoms with Gasteiger partial charge < -0.3 is 14.6 Å². The van der Waals surface area contributed by atoms with E-state index in [-0.39, 0.29) is 12.2 Å². The van der Waals surface area contributed by atoms with Crippen molar-refractivity contribution in [3.8, 4) is 5.75 Å². The number of H-pyrrole nitrogens is 1. The number of nitrogens with zero attached hydrogens (tertiary/aromatic N) is 3. The molecule has 29 heavy (non-hydrogen) atoms. The van der Waals surface area contributed by atoms with Crippen molar-refractivity contribution in [1.82, 2.24) is 14.9 Å². The molecule has 3 aromatic rings. The fraction of sp³-hybridized carbons (Fsp3) is 0.238. The third-order valence-corrected chi connectivity index (χ3v) is 4.60. The highest BCUT2D eigenvalue weighted by Crippen LogP contribution is 2.28. The summed E-state index contributed by atoms with van der Waals surface area (Å²) in [6, 6.07) is 12.3. The van der Waals surface area contributed by atoms with Crippen molar-refractivity contribution in [2.45, 2.75) is 33.3 Å². The Labute approximate surface area is 173 Å². The summed E-state index contributed by atoms with van der Waals surface area (Å²) in [6.45, 7) is 6.44. The number of rotatable bonds is 7. The lowest BCUT2D eigenvalue weighted by molar-refractivity contribution is -0.255. The van der Waals surface area contributed by atoms with Gasteiger partial charge in [0.25, 0.3) is 0 Å². The standard InChI is InChI=1S/C21H22N4O3S/c1-13(2)17-9-4-14(3)10-18(17)28-12-19-23-24-21(29)25(19)22-11-15-5-7-16(8-6-15)20(26)27/h4-11,13H,12H2,1-3H3,(H,24,29)(H,26,27)/p-1/b22-11-. The number of carbonyl (C=O) groups excluding carboxylic acids is 1. The Morgan fingerprint density at radius 3 is 2.69 bits per heavy atom. The molecule has 2 aromatic carbocycles. The van der Waals surface area contributed by atoms with Crippen LogP contribution in [0, 0.1) is 11.7 Å². The van der Waals surface area contributed by atoms with E-state index in [1.54, 1.807) is 18.3 Å². The maximum Gasteiger partial charge on any atom is 0.216 e. The van der Waals surface area contributed by atoms with Gasteiger partial charge in [0.15, 0.2) is 5.82 Å². The Morgan fingerprint density at radius 1 is 1.31 bits per heavy atom. The third kappa shape index (κ3) is 4.97. The van der Waals surface area contributed by atoms with Gasteiger partial charge in [0.1, 0.15) is 12.4 Å². The first-order valence-corrected chi connectivity index (χ1v) is 9.51. The van der Waals surface area contributed by atoms with Crippen LogP contribution < -0.4 is 9.84 Å². The van der Waals surface area contributed by atoms with E-state index >= 15 is 0 Å². The molecule has 3 rings (SSSR count). The highest BCUT2D eigenvalue weighted by Gasteiger charge is 2.11. The quantitative estimate of drug-likeness (QED) is 0.478. The molecule has 0 spiro atoms. The Hall–Kier alpha value is -3.26. The maximum absolute atomic E-state index is 10.8. The summed E-state index contributed by atoms with van der Waals surface area (Å²) in [7, 11) is 0. The number of aromatic carboxylic acids is 1. The van der Waals surface area contributed by atoms with Gasteiger partial charge >= 0.3 is 0 Å². The zero-order chi connectivity index (χ0) is 21.0. The van der Waals surface area contributed by atoms with E-state index in [9.17, 15) is 9.90 Å². The number of nitrogens with one attached hydrogen (secondary N) is 1. The first kappa shape index (κ1) is 20.5. The molecule has 8 heteroatoms. The highest BCUT2D eigenvalue weighted by atomic mass is 32.1. The molecular formula is C21H21N4O3S-. The van der Waals surface area contributed by atoms with E-state index in [1.165, 1.54) is 16.8 Å². The zero-order valence-corrected chi connectivity index (χ0v) is 17.2. The van der Waals surface area contributed by atoms with Crippen LogP contribution in [-0.2, 0) is 6.61 Å². The fourth-order valence-corrected chi connectivity index (χ4v) is 2.95. The molecule has 0 amide bonds. The molecule has 1 heterocycles. The van der Waals surface area contributed by atoms with Gasteiger partial charge in [-0.3, -0.25) is 0 Å². The zero-order valence-electron chi connectivity index (χ0n) is 16.4. The van der Waals surface area contributed by atoms with E-state index in [4.69, 9.17) is 17.0 Å². The summed E-state index contributed by atoms with van der Waals surface area (Å²) < 4.78 is 7.83. The summed E-state index contributed by atoms with van der Waals surface area (Å²) in [6.07, 6.45) is 1.57. The van der Waals surface area contributed by atoms with Crippen molar-refractivity contribution in [3.05, 3.63) is 75.3 Å². The molecule has 0 unspecified atom stereocenters. The van der Waals surface area contributed by atoms with Crippen molar-refractivity contribution >= 4 is 24.4 Å². The van der Waals surface area contributed by atoms with Gasteiger partial charge in [0, 0.05) is 0 Å². The molecule has 0 saturated heterocycles.